The average molecular weight is 530 g/mol. The van der Waals surface area contributed by atoms with Crippen molar-refractivity contribution in [3.8, 4) is 0 Å². The summed E-state index contributed by atoms with van der Waals surface area (Å²) < 4.78 is 0. The Kier molecular flexibility index (Phi) is 21.2. The number of hydrogen-bond acceptors (Lipinski definition) is 10. The maximum atomic E-state index is 11.1. The molecule has 0 aromatic carbocycles. The fourth-order valence-electron chi connectivity index (χ4n) is 3.43. The van der Waals surface area contributed by atoms with Crippen molar-refractivity contribution in [2.45, 2.75) is 12.8 Å². The Labute approximate surface area is 202 Å². The van der Waals surface area contributed by atoms with E-state index in [2.05, 4.69) is 0 Å². The van der Waals surface area contributed by atoms with Crippen LogP contribution in [-0.2, 0) is 36.2 Å². The summed E-state index contributed by atoms with van der Waals surface area (Å²) in [4.78, 5) is 51.0. The number of carbonyl (C=O) groups excluding carboxylic acids is 2. The van der Waals surface area contributed by atoms with Crippen molar-refractivity contribution in [2.75, 3.05) is 78.5 Å². The summed E-state index contributed by atoms with van der Waals surface area (Å²) in [6, 6.07) is 0. The van der Waals surface area contributed by atoms with Gasteiger partial charge in [0.25, 0.3) is 0 Å². The van der Waals surface area contributed by atoms with Crippen LogP contribution in [0.4, 0.5) is 0 Å². The predicted octanol–water partition coefficient (Wildman–Crippen LogP) is -5.99. The van der Waals surface area contributed by atoms with Crippen LogP contribution in [0.2, 0.25) is 0 Å². The molecule has 1 heterocycles. The van der Waals surface area contributed by atoms with Crippen LogP contribution in [0, 0.1) is 0 Å². The smallest absolute Gasteiger partial charge is 0.549 e. The Morgan fingerprint density at radius 3 is 1.00 bits per heavy atom. The van der Waals surface area contributed by atoms with Crippen LogP contribution < -0.4 is 10.2 Å². The molecule has 0 unspecified atom stereocenters. The van der Waals surface area contributed by atoms with E-state index in [1.54, 1.807) is 19.6 Å². The fourth-order valence-corrected chi connectivity index (χ4v) is 3.43. The second-order valence-corrected chi connectivity index (χ2v) is 7.34. The van der Waals surface area contributed by atoms with Crippen LogP contribution in [0.25, 0.3) is 0 Å². The van der Waals surface area contributed by atoms with Gasteiger partial charge in [0, 0.05) is 52.4 Å². The van der Waals surface area contributed by atoms with Crippen LogP contribution in [0.5, 0.6) is 0 Å². The zero-order valence-corrected chi connectivity index (χ0v) is 19.3. The van der Waals surface area contributed by atoms with E-state index in [1.165, 1.54) is 0 Å². The molecular formula is C18H34CuN4O10. The predicted molar refractivity (Wildman–Crippen MR) is 108 cm³/mol. The Hall–Kier alpha value is -1.84. The fraction of sp³-hybridized carbons (Fsp3) is 0.778. The van der Waals surface area contributed by atoms with E-state index in [-0.39, 0.29) is 54.2 Å². The Morgan fingerprint density at radius 1 is 0.545 bits per heavy atom. The number of carbonyl (C=O) groups is 4. The van der Waals surface area contributed by atoms with Crippen molar-refractivity contribution in [3.63, 3.8) is 0 Å². The van der Waals surface area contributed by atoms with Crippen molar-refractivity contribution in [1.82, 2.24) is 19.6 Å². The molecule has 1 fully saturated rings. The number of carboxylic acid groups (broad SMARTS) is 4. The molecule has 0 aromatic heterocycles. The van der Waals surface area contributed by atoms with Crippen molar-refractivity contribution in [1.29, 1.82) is 0 Å². The molecular weight excluding hydrogens is 496 g/mol. The first-order chi connectivity index (χ1) is 14.2. The SMILES string of the molecule is O.O.O=C([O-])CN1CCCN(CC(=O)O)CCN(CC(=O)[O-])CCCN(CC(=O)O)CC1.[Cu+2]. The van der Waals surface area contributed by atoms with E-state index in [4.69, 9.17) is 10.2 Å². The number of rotatable bonds is 8. The zero-order chi connectivity index (χ0) is 22.5. The Morgan fingerprint density at radius 2 is 0.788 bits per heavy atom. The van der Waals surface area contributed by atoms with Gasteiger partial charge in [0.2, 0.25) is 0 Å². The summed E-state index contributed by atoms with van der Waals surface area (Å²) >= 11 is 0. The third-order valence-electron chi connectivity index (χ3n) is 4.79. The summed E-state index contributed by atoms with van der Waals surface area (Å²) in [5, 5.41) is 40.3. The van der Waals surface area contributed by atoms with Gasteiger partial charge in [-0.25, -0.2) is 0 Å². The van der Waals surface area contributed by atoms with E-state index < -0.39 is 23.9 Å². The molecule has 0 bridgehead atoms. The normalized spacial score (nSPS) is 17.9. The molecule has 1 saturated heterocycles. The summed E-state index contributed by atoms with van der Waals surface area (Å²) in [5.41, 5.74) is 0. The van der Waals surface area contributed by atoms with Crippen LogP contribution in [-0.4, -0.2) is 143 Å². The third-order valence-corrected chi connectivity index (χ3v) is 4.79. The Bertz CT molecular complexity index is 501. The first-order valence-corrected chi connectivity index (χ1v) is 9.88. The molecule has 0 aromatic rings. The molecule has 0 spiro atoms. The molecule has 15 heteroatoms. The monoisotopic (exact) mass is 529 g/mol. The largest absolute Gasteiger partial charge is 2.00 e. The zero-order valence-electron chi connectivity index (χ0n) is 18.3. The first-order valence-electron chi connectivity index (χ1n) is 9.88. The summed E-state index contributed by atoms with van der Waals surface area (Å²) in [6.07, 6.45) is 1.000. The second kappa shape index (κ2) is 19.6. The van der Waals surface area contributed by atoms with Gasteiger partial charge in [-0.1, -0.05) is 0 Å². The standard InChI is InChI=1S/C18H32N4O8.Cu.2H2O/c23-15(24)11-19-3-1-4-20(12-16(25)26)8-10-22(14-18(29)30)6-2-5-21(9-7-19)13-17(27)28;;;/h1-14H2,(H,23,24)(H,25,26)(H,27,28)(H,29,30);;2*1H2/q;+2;;/p-2. The van der Waals surface area contributed by atoms with Gasteiger partial charge < -0.3 is 41.0 Å². The number of nitrogens with zero attached hydrogens (tertiary/aromatic N) is 4. The van der Waals surface area contributed by atoms with Gasteiger partial charge in [-0.15, -0.1) is 0 Å². The van der Waals surface area contributed by atoms with E-state index in [0.29, 0.717) is 65.2 Å². The Balaban J connectivity index is -0.00000300. The molecule has 1 radical (unpaired) electrons. The van der Waals surface area contributed by atoms with Crippen molar-refractivity contribution < 1.29 is 67.6 Å². The van der Waals surface area contributed by atoms with Gasteiger partial charge in [0.05, 0.1) is 25.0 Å². The molecule has 1 aliphatic heterocycles. The molecule has 6 N–H and O–H groups in total. The molecule has 0 aliphatic carbocycles. The van der Waals surface area contributed by atoms with Gasteiger partial charge in [0.1, 0.15) is 0 Å². The van der Waals surface area contributed by atoms with Crippen LogP contribution in [0.3, 0.4) is 0 Å². The minimum absolute atomic E-state index is 0. The molecule has 0 saturated carbocycles. The van der Waals surface area contributed by atoms with E-state index in [9.17, 15) is 29.4 Å². The van der Waals surface area contributed by atoms with Crippen molar-refractivity contribution in [3.05, 3.63) is 0 Å². The van der Waals surface area contributed by atoms with Gasteiger partial charge in [-0.2, -0.15) is 0 Å². The molecule has 1 rings (SSSR count). The molecule has 14 nitrogen and oxygen atoms in total. The van der Waals surface area contributed by atoms with Crippen LogP contribution in [0.1, 0.15) is 12.8 Å². The minimum atomic E-state index is -1.23. The average Bonchev–Trinajstić information content (AvgIpc) is 2.60. The van der Waals surface area contributed by atoms with Gasteiger partial charge in [0.15, 0.2) is 0 Å². The third kappa shape index (κ3) is 18.3. The maximum Gasteiger partial charge on any atom is 2.00 e. The molecule has 0 amide bonds. The molecule has 0 atom stereocenters. The first kappa shape index (κ1) is 35.7. The van der Waals surface area contributed by atoms with E-state index >= 15 is 0 Å². The van der Waals surface area contributed by atoms with Crippen LogP contribution in [0.15, 0.2) is 0 Å². The number of carboxylic acids is 4. The van der Waals surface area contributed by atoms with Gasteiger partial charge >= 0.3 is 29.0 Å². The van der Waals surface area contributed by atoms with Crippen LogP contribution >= 0.6 is 0 Å². The van der Waals surface area contributed by atoms with E-state index in [1.807, 2.05) is 0 Å². The van der Waals surface area contributed by atoms with Gasteiger partial charge in [-0.05, 0) is 25.9 Å². The minimum Gasteiger partial charge on any atom is -0.549 e. The van der Waals surface area contributed by atoms with Gasteiger partial charge in [-0.3, -0.25) is 29.2 Å². The van der Waals surface area contributed by atoms with Crippen molar-refractivity contribution in [2.24, 2.45) is 0 Å². The summed E-state index contributed by atoms with van der Waals surface area (Å²) in [7, 11) is 0. The molecule has 33 heavy (non-hydrogen) atoms. The summed E-state index contributed by atoms with van der Waals surface area (Å²) in [5.74, 6) is -4.47. The summed E-state index contributed by atoms with van der Waals surface area (Å²) in [6.45, 7) is 1.88. The van der Waals surface area contributed by atoms with Crippen molar-refractivity contribution >= 4 is 23.9 Å². The number of aliphatic carboxylic acids is 4. The topological polar surface area (TPSA) is 231 Å². The molecule has 1 aliphatic rings. The van der Waals surface area contributed by atoms with E-state index in [0.717, 1.165) is 0 Å². The maximum absolute atomic E-state index is 11.1. The number of hydrogen-bond donors (Lipinski definition) is 2. The molecule has 197 valence electrons. The second-order valence-electron chi connectivity index (χ2n) is 7.34. The quantitative estimate of drug-likeness (QED) is 0.280.